The van der Waals surface area contributed by atoms with Gasteiger partial charge in [-0.25, -0.2) is 4.98 Å². The molecule has 2 aliphatic heterocycles. The molecule has 0 bridgehead atoms. The maximum Gasteiger partial charge on any atom is 0.241 e. The van der Waals surface area contributed by atoms with Crippen LogP contribution in [0.4, 0.5) is 5.82 Å². The minimum atomic E-state index is -0.326. The second-order valence-corrected chi connectivity index (χ2v) is 10.4. The van der Waals surface area contributed by atoms with Gasteiger partial charge in [-0.1, -0.05) is 12.1 Å². The van der Waals surface area contributed by atoms with Crippen LogP contribution in [0.2, 0.25) is 0 Å². The molecule has 1 aliphatic carbocycles. The lowest BCUT2D eigenvalue weighted by Crippen LogP contribution is -2.52. The molecule has 3 aliphatic rings. The molecule has 2 fully saturated rings. The fourth-order valence-corrected chi connectivity index (χ4v) is 5.24. The normalized spacial score (nSPS) is 25.8. The van der Waals surface area contributed by atoms with Gasteiger partial charge in [0, 0.05) is 59.1 Å². The first-order chi connectivity index (χ1) is 17.4. The van der Waals surface area contributed by atoms with Crippen molar-refractivity contribution in [2.75, 3.05) is 45.2 Å². The highest BCUT2D eigenvalue weighted by Gasteiger charge is 2.43. The standard InChI is InChI=1S/C27H36N6O3.2H2/c1-18-4-5-24(29-15-18)30-21-13-27(2,14-21)36-26-22(12-23(31-32-26)20-8-11-35-17-20)19-6-9-33(10-7-19)25(34)16-28-3;;/h4-6,12,15,20-21,28H,7-11,13-14,16-17H2,1-3H3,(H,29,30);2*1H. The quantitative estimate of drug-likeness (QED) is 0.573. The molecule has 9 heteroatoms. The predicted molar refractivity (Wildman–Crippen MR) is 142 cm³/mol. The van der Waals surface area contributed by atoms with Gasteiger partial charge in [0.25, 0.3) is 0 Å². The zero-order chi connectivity index (χ0) is 25.1. The van der Waals surface area contributed by atoms with E-state index in [0.717, 1.165) is 60.5 Å². The van der Waals surface area contributed by atoms with Crippen molar-refractivity contribution in [2.24, 2.45) is 0 Å². The SMILES string of the molecule is CNCC(=O)N1CC=C(c2cc(C3CCOC3)nnc2OC2(C)CC(Nc3ccc(C)cn3)C2)CC1.[HH].[HH]. The molecule has 196 valence electrons. The van der Waals surface area contributed by atoms with Gasteiger partial charge in [-0.05, 0) is 57.0 Å². The number of aryl methyl sites for hydroxylation is 1. The van der Waals surface area contributed by atoms with Crippen molar-refractivity contribution in [3.05, 3.63) is 47.3 Å². The van der Waals surface area contributed by atoms with Crippen LogP contribution in [0.25, 0.3) is 5.57 Å². The molecular weight excluding hydrogens is 456 g/mol. The largest absolute Gasteiger partial charge is 0.470 e. The number of hydrogen-bond acceptors (Lipinski definition) is 8. The summed E-state index contributed by atoms with van der Waals surface area (Å²) >= 11 is 0. The van der Waals surface area contributed by atoms with Gasteiger partial charge >= 0.3 is 0 Å². The Kier molecular flexibility index (Phi) is 7.20. The summed E-state index contributed by atoms with van der Waals surface area (Å²) in [4.78, 5) is 18.7. The molecule has 2 aromatic heterocycles. The highest BCUT2D eigenvalue weighted by atomic mass is 16.5. The number of nitrogens with zero attached hydrogens (tertiary/aromatic N) is 4. The second kappa shape index (κ2) is 10.5. The van der Waals surface area contributed by atoms with Gasteiger partial charge in [0.2, 0.25) is 11.8 Å². The third kappa shape index (κ3) is 5.52. The van der Waals surface area contributed by atoms with Crippen molar-refractivity contribution in [2.45, 2.75) is 57.1 Å². The Morgan fingerprint density at radius 1 is 1.33 bits per heavy atom. The van der Waals surface area contributed by atoms with Crippen LogP contribution in [0.1, 0.15) is 58.2 Å². The number of anilines is 1. The van der Waals surface area contributed by atoms with E-state index in [1.807, 2.05) is 24.1 Å². The van der Waals surface area contributed by atoms with E-state index in [1.165, 1.54) is 0 Å². The van der Waals surface area contributed by atoms with Crippen LogP contribution in [0.5, 0.6) is 5.88 Å². The number of carbonyl (C=O) groups is 1. The Morgan fingerprint density at radius 3 is 2.86 bits per heavy atom. The Bertz CT molecular complexity index is 1120. The zero-order valence-electron chi connectivity index (χ0n) is 21.4. The molecule has 2 aromatic rings. The molecule has 0 spiro atoms. The van der Waals surface area contributed by atoms with E-state index in [4.69, 9.17) is 9.47 Å². The minimum absolute atomic E-state index is 0. The maximum atomic E-state index is 12.3. The van der Waals surface area contributed by atoms with Gasteiger partial charge in [-0.2, -0.15) is 5.10 Å². The third-order valence-electron chi connectivity index (χ3n) is 7.33. The van der Waals surface area contributed by atoms with Gasteiger partial charge in [0.05, 0.1) is 18.8 Å². The van der Waals surface area contributed by atoms with Crippen LogP contribution >= 0.6 is 0 Å². The van der Waals surface area contributed by atoms with Gasteiger partial charge in [-0.3, -0.25) is 4.79 Å². The van der Waals surface area contributed by atoms with E-state index < -0.39 is 0 Å². The van der Waals surface area contributed by atoms with Gasteiger partial charge in [0.1, 0.15) is 11.4 Å². The summed E-state index contributed by atoms with van der Waals surface area (Å²) in [6.07, 6.45) is 7.43. The molecule has 9 nitrogen and oxygen atoms in total. The van der Waals surface area contributed by atoms with Crippen LogP contribution in [0.3, 0.4) is 0 Å². The number of ether oxygens (including phenoxy) is 2. The number of carbonyl (C=O) groups excluding carboxylic acids is 1. The summed E-state index contributed by atoms with van der Waals surface area (Å²) in [6, 6.07) is 6.51. The highest BCUT2D eigenvalue weighted by Crippen LogP contribution is 2.40. The monoisotopic (exact) mass is 496 g/mol. The second-order valence-electron chi connectivity index (χ2n) is 10.4. The molecule has 1 amide bonds. The van der Waals surface area contributed by atoms with Crippen LogP contribution in [0.15, 0.2) is 30.5 Å². The molecule has 4 heterocycles. The Labute approximate surface area is 215 Å². The fourth-order valence-electron chi connectivity index (χ4n) is 5.24. The molecule has 5 rings (SSSR count). The van der Waals surface area contributed by atoms with Crippen molar-refractivity contribution in [3.8, 4) is 5.88 Å². The van der Waals surface area contributed by atoms with Crippen molar-refractivity contribution >= 4 is 17.3 Å². The van der Waals surface area contributed by atoms with Gasteiger partial charge in [0.15, 0.2) is 0 Å². The first-order valence-corrected chi connectivity index (χ1v) is 12.9. The summed E-state index contributed by atoms with van der Waals surface area (Å²) in [6.45, 7) is 7.23. The van der Waals surface area contributed by atoms with Crippen molar-refractivity contribution in [1.82, 2.24) is 25.4 Å². The van der Waals surface area contributed by atoms with E-state index in [2.05, 4.69) is 50.9 Å². The first kappa shape index (κ1) is 24.6. The molecule has 1 saturated carbocycles. The van der Waals surface area contributed by atoms with Crippen molar-refractivity contribution in [1.29, 1.82) is 0 Å². The topological polar surface area (TPSA) is 102 Å². The number of rotatable bonds is 8. The molecule has 1 saturated heterocycles. The van der Waals surface area contributed by atoms with Crippen LogP contribution in [-0.4, -0.2) is 77.5 Å². The maximum absolute atomic E-state index is 12.3. The van der Waals surface area contributed by atoms with Crippen molar-refractivity contribution < 1.29 is 17.1 Å². The van der Waals surface area contributed by atoms with Gasteiger partial charge in [-0.15, -0.1) is 5.10 Å². The van der Waals surface area contributed by atoms with Crippen LogP contribution in [0, 0.1) is 6.92 Å². The molecule has 36 heavy (non-hydrogen) atoms. The molecule has 1 atom stereocenters. The van der Waals surface area contributed by atoms with E-state index in [-0.39, 0.29) is 20.3 Å². The van der Waals surface area contributed by atoms with Crippen LogP contribution in [-0.2, 0) is 9.53 Å². The first-order valence-electron chi connectivity index (χ1n) is 12.9. The molecule has 2 N–H and O–H groups in total. The number of pyridine rings is 1. The Hall–Kier alpha value is -3.04. The fraction of sp³-hybridized carbons (Fsp3) is 0.556. The van der Waals surface area contributed by atoms with Crippen molar-refractivity contribution in [3.63, 3.8) is 0 Å². The smallest absolute Gasteiger partial charge is 0.241 e. The van der Waals surface area contributed by atoms with E-state index in [0.29, 0.717) is 38.2 Å². The Balaban J connectivity index is 0.00000200. The average Bonchev–Trinajstić information content (AvgIpc) is 3.40. The Morgan fingerprint density at radius 2 is 2.19 bits per heavy atom. The molecule has 0 aromatic carbocycles. The van der Waals surface area contributed by atoms with Gasteiger partial charge < -0.3 is 25.0 Å². The summed E-state index contributed by atoms with van der Waals surface area (Å²) in [5.74, 6) is 1.84. The summed E-state index contributed by atoms with van der Waals surface area (Å²) in [7, 11) is 1.79. The predicted octanol–water partition coefficient (Wildman–Crippen LogP) is 3.42. The van der Waals surface area contributed by atoms with E-state index in [1.54, 1.807) is 7.05 Å². The number of likely N-dealkylation sites (N-methyl/N-ethyl adjacent to an activating group) is 1. The lowest BCUT2D eigenvalue weighted by Gasteiger charge is -2.45. The minimum Gasteiger partial charge on any atom is -0.470 e. The zero-order valence-corrected chi connectivity index (χ0v) is 21.4. The van der Waals surface area contributed by atoms with E-state index in [9.17, 15) is 4.79 Å². The lowest BCUT2D eigenvalue weighted by atomic mass is 9.77. The number of aromatic nitrogens is 3. The number of amides is 1. The molecular formula is C27H40N6O3. The highest BCUT2D eigenvalue weighted by molar-refractivity contribution is 5.80. The lowest BCUT2D eigenvalue weighted by molar-refractivity contribution is -0.129. The number of nitrogens with one attached hydrogen (secondary N) is 2. The summed E-state index contributed by atoms with van der Waals surface area (Å²) < 4.78 is 12.1. The van der Waals surface area contributed by atoms with Crippen LogP contribution < -0.4 is 15.4 Å². The summed E-state index contributed by atoms with van der Waals surface area (Å²) in [5, 5.41) is 15.6. The number of hydrogen-bond donors (Lipinski definition) is 2. The summed E-state index contributed by atoms with van der Waals surface area (Å²) in [5.41, 5.74) is 3.93. The average molecular weight is 497 g/mol. The molecule has 1 unspecified atom stereocenters. The third-order valence-corrected chi connectivity index (χ3v) is 7.33. The molecule has 0 radical (unpaired) electrons. The van der Waals surface area contributed by atoms with E-state index >= 15 is 0 Å².